The van der Waals surface area contributed by atoms with Crippen LogP contribution in [0.1, 0.15) is 12.5 Å². The Kier molecular flexibility index (Phi) is 2.77. The minimum atomic E-state index is 0.479. The van der Waals surface area contributed by atoms with Gasteiger partial charge in [0.25, 0.3) is 0 Å². The summed E-state index contributed by atoms with van der Waals surface area (Å²) in [6, 6.07) is 7.88. The summed E-state index contributed by atoms with van der Waals surface area (Å²) in [7, 11) is 0. The molecular formula is C11H11BrN2O. The normalized spacial score (nSPS) is 10.5. The lowest BCUT2D eigenvalue weighted by molar-refractivity contribution is 0.435. The summed E-state index contributed by atoms with van der Waals surface area (Å²) >= 11 is 3.42. The van der Waals surface area contributed by atoms with Crippen molar-refractivity contribution in [3.8, 4) is 11.3 Å². The molecule has 2 aromatic rings. The summed E-state index contributed by atoms with van der Waals surface area (Å²) in [4.78, 5) is 0. The zero-order chi connectivity index (χ0) is 10.8. The number of hydrogen-bond donors (Lipinski definition) is 1. The Morgan fingerprint density at radius 1 is 1.47 bits per heavy atom. The highest BCUT2D eigenvalue weighted by Crippen LogP contribution is 2.29. The molecule has 1 aromatic heterocycles. The van der Waals surface area contributed by atoms with Gasteiger partial charge in [0.05, 0.1) is 0 Å². The summed E-state index contributed by atoms with van der Waals surface area (Å²) in [5.41, 5.74) is 7.67. The van der Waals surface area contributed by atoms with Gasteiger partial charge in [0.1, 0.15) is 0 Å². The van der Waals surface area contributed by atoms with Crippen LogP contribution in [-0.2, 0) is 6.42 Å². The molecule has 0 spiro atoms. The predicted molar refractivity (Wildman–Crippen MR) is 63.4 cm³/mol. The van der Waals surface area contributed by atoms with Gasteiger partial charge in [-0.1, -0.05) is 40.1 Å². The van der Waals surface area contributed by atoms with Gasteiger partial charge in [0.15, 0.2) is 11.6 Å². The fourth-order valence-corrected chi connectivity index (χ4v) is 1.92. The molecule has 0 fully saturated rings. The monoisotopic (exact) mass is 266 g/mol. The first-order valence-electron chi connectivity index (χ1n) is 4.72. The molecule has 0 bridgehead atoms. The first-order chi connectivity index (χ1) is 7.22. The Morgan fingerprint density at radius 2 is 2.27 bits per heavy atom. The zero-order valence-corrected chi connectivity index (χ0v) is 9.91. The van der Waals surface area contributed by atoms with Crippen LogP contribution in [0.3, 0.4) is 0 Å². The van der Waals surface area contributed by atoms with Crippen molar-refractivity contribution < 1.29 is 4.52 Å². The molecule has 3 nitrogen and oxygen atoms in total. The van der Waals surface area contributed by atoms with Gasteiger partial charge in [-0.15, -0.1) is 0 Å². The van der Waals surface area contributed by atoms with Crippen LogP contribution in [-0.4, -0.2) is 5.16 Å². The van der Waals surface area contributed by atoms with Crippen molar-refractivity contribution in [3.63, 3.8) is 0 Å². The van der Waals surface area contributed by atoms with Crippen LogP contribution in [0.25, 0.3) is 11.3 Å². The number of anilines is 1. The molecule has 1 aromatic carbocycles. The first kappa shape index (κ1) is 10.2. The smallest absolute Gasteiger partial charge is 0.172 e. The Morgan fingerprint density at radius 3 is 2.93 bits per heavy atom. The number of benzene rings is 1. The second-order valence-electron chi connectivity index (χ2n) is 3.24. The van der Waals surface area contributed by atoms with Crippen LogP contribution < -0.4 is 5.73 Å². The van der Waals surface area contributed by atoms with E-state index in [9.17, 15) is 0 Å². The number of hydrogen-bond acceptors (Lipinski definition) is 3. The summed E-state index contributed by atoms with van der Waals surface area (Å²) < 4.78 is 6.24. The van der Waals surface area contributed by atoms with Gasteiger partial charge in [0.2, 0.25) is 0 Å². The van der Waals surface area contributed by atoms with Gasteiger partial charge in [-0.05, 0) is 18.6 Å². The Hall–Kier alpha value is -1.29. The van der Waals surface area contributed by atoms with Crippen molar-refractivity contribution in [2.75, 3.05) is 5.73 Å². The van der Waals surface area contributed by atoms with E-state index in [0.29, 0.717) is 5.82 Å². The molecule has 0 aliphatic rings. The number of aromatic nitrogens is 1. The van der Waals surface area contributed by atoms with Crippen molar-refractivity contribution >= 4 is 21.7 Å². The van der Waals surface area contributed by atoms with Crippen LogP contribution in [0.15, 0.2) is 33.3 Å². The van der Waals surface area contributed by atoms with E-state index in [1.165, 1.54) is 0 Å². The molecular weight excluding hydrogens is 256 g/mol. The van der Waals surface area contributed by atoms with E-state index in [0.717, 1.165) is 27.8 Å². The van der Waals surface area contributed by atoms with E-state index in [1.807, 2.05) is 31.2 Å². The van der Waals surface area contributed by atoms with Crippen molar-refractivity contribution in [1.82, 2.24) is 5.16 Å². The summed E-state index contributed by atoms with van der Waals surface area (Å²) in [5, 5.41) is 3.78. The summed E-state index contributed by atoms with van der Waals surface area (Å²) in [6.45, 7) is 2.03. The van der Waals surface area contributed by atoms with E-state index < -0.39 is 0 Å². The number of halogens is 1. The van der Waals surface area contributed by atoms with Crippen molar-refractivity contribution in [2.45, 2.75) is 13.3 Å². The number of nitrogens with zero attached hydrogens (tertiary/aromatic N) is 1. The molecule has 0 aliphatic heterocycles. The quantitative estimate of drug-likeness (QED) is 0.908. The predicted octanol–water partition coefficient (Wildman–Crippen LogP) is 3.25. The molecule has 0 unspecified atom stereocenters. The molecule has 0 saturated carbocycles. The third-order valence-electron chi connectivity index (χ3n) is 2.26. The molecule has 2 rings (SSSR count). The molecule has 4 heteroatoms. The minimum Gasteiger partial charge on any atom is -0.381 e. The highest BCUT2D eigenvalue weighted by Gasteiger charge is 2.13. The number of nitrogens with two attached hydrogens (primary N) is 1. The molecule has 0 aliphatic carbocycles. The highest BCUT2D eigenvalue weighted by molar-refractivity contribution is 9.10. The molecule has 15 heavy (non-hydrogen) atoms. The van der Waals surface area contributed by atoms with Gasteiger partial charge < -0.3 is 10.3 Å². The van der Waals surface area contributed by atoms with E-state index in [-0.39, 0.29) is 0 Å². The molecule has 2 N–H and O–H groups in total. The minimum absolute atomic E-state index is 0.479. The van der Waals surface area contributed by atoms with Gasteiger partial charge in [0, 0.05) is 15.6 Å². The van der Waals surface area contributed by atoms with Crippen LogP contribution in [0, 0.1) is 0 Å². The molecule has 0 amide bonds. The van der Waals surface area contributed by atoms with Crippen molar-refractivity contribution in [2.24, 2.45) is 0 Å². The molecule has 0 saturated heterocycles. The van der Waals surface area contributed by atoms with Crippen LogP contribution in [0.5, 0.6) is 0 Å². The molecule has 0 radical (unpaired) electrons. The van der Waals surface area contributed by atoms with Crippen molar-refractivity contribution in [3.05, 3.63) is 34.3 Å². The fraction of sp³-hybridized carbons (Fsp3) is 0.182. The average molecular weight is 267 g/mol. The number of rotatable bonds is 2. The third kappa shape index (κ3) is 1.90. The molecule has 0 atom stereocenters. The fourth-order valence-electron chi connectivity index (χ4n) is 1.52. The maximum Gasteiger partial charge on any atom is 0.172 e. The lowest BCUT2D eigenvalue weighted by Crippen LogP contribution is -1.90. The highest BCUT2D eigenvalue weighted by atomic mass is 79.9. The standard InChI is InChI=1S/C11H11BrN2O/c1-2-9-10(15-14-11(9)13)7-4-3-5-8(12)6-7/h3-6H,2H2,1H3,(H2,13,14). The van der Waals surface area contributed by atoms with E-state index >= 15 is 0 Å². The Balaban J connectivity index is 2.54. The topological polar surface area (TPSA) is 52.0 Å². The Labute approximate surface area is 96.4 Å². The zero-order valence-electron chi connectivity index (χ0n) is 8.33. The van der Waals surface area contributed by atoms with Gasteiger partial charge in [-0.25, -0.2) is 0 Å². The molecule has 78 valence electrons. The number of nitrogen functional groups attached to an aromatic ring is 1. The molecule has 1 heterocycles. The second-order valence-corrected chi connectivity index (χ2v) is 4.16. The second kappa shape index (κ2) is 4.06. The van der Waals surface area contributed by atoms with Crippen LogP contribution >= 0.6 is 15.9 Å². The van der Waals surface area contributed by atoms with Gasteiger partial charge >= 0.3 is 0 Å². The maximum atomic E-state index is 5.71. The van der Waals surface area contributed by atoms with Gasteiger partial charge in [-0.3, -0.25) is 0 Å². The van der Waals surface area contributed by atoms with Gasteiger partial charge in [-0.2, -0.15) is 0 Å². The van der Waals surface area contributed by atoms with Crippen molar-refractivity contribution in [1.29, 1.82) is 0 Å². The average Bonchev–Trinajstić information content (AvgIpc) is 2.59. The first-order valence-corrected chi connectivity index (χ1v) is 5.51. The van der Waals surface area contributed by atoms with E-state index in [2.05, 4.69) is 21.1 Å². The van der Waals surface area contributed by atoms with E-state index in [4.69, 9.17) is 10.3 Å². The van der Waals surface area contributed by atoms with Crippen LogP contribution in [0.4, 0.5) is 5.82 Å². The SMILES string of the molecule is CCc1c(N)noc1-c1cccc(Br)c1. The Bertz CT molecular complexity index is 479. The third-order valence-corrected chi connectivity index (χ3v) is 2.75. The lowest BCUT2D eigenvalue weighted by Gasteiger charge is -1.99. The lowest BCUT2D eigenvalue weighted by atomic mass is 10.1. The largest absolute Gasteiger partial charge is 0.381 e. The summed E-state index contributed by atoms with van der Waals surface area (Å²) in [6.07, 6.45) is 0.817. The van der Waals surface area contributed by atoms with E-state index in [1.54, 1.807) is 0 Å². The van der Waals surface area contributed by atoms with Crippen LogP contribution in [0.2, 0.25) is 0 Å². The maximum absolute atomic E-state index is 5.71. The summed E-state index contributed by atoms with van der Waals surface area (Å²) in [5.74, 6) is 1.24.